The van der Waals surface area contributed by atoms with Crippen LogP contribution in [0.4, 0.5) is 11.4 Å². The molecule has 1 fully saturated rings. The van der Waals surface area contributed by atoms with Gasteiger partial charge in [0.15, 0.2) is 5.17 Å². The molecule has 5 nitrogen and oxygen atoms in total. The molecule has 6 heteroatoms. The van der Waals surface area contributed by atoms with Crippen LogP contribution in [0.2, 0.25) is 0 Å². The third-order valence-corrected chi connectivity index (χ3v) is 4.58. The summed E-state index contributed by atoms with van der Waals surface area (Å²) in [6, 6.07) is 14.8. The lowest BCUT2D eigenvalue weighted by Gasteiger charge is -2.16. The molecule has 1 amide bonds. The average Bonchev–Trinajstić information content (AvgIpc) is 3.06. The molecule has 0 aromatic heterocycles. The number of amides is 1. The molecule has 1 aliphatic heterocycles. The summed E-state index contributed by atoms with van der Waals surface area (Å²) in [6.45, 7) is 8.15. The number of thioether (sulfide) groups is 1. The number of benzene rings is 2. The fourth-order valence-electron chi connectivity index (χ4n) is 2.43. The number of hydrogen-bond donors (Lipinski definition) is 0. The van der Waals surface area contributed by atoms with Gasteiger partial charge in [0.25, 0.3) is 0 Å². The molecule has 0 atom stereocenters. The molecule has 2 aromatic carbocycles. The number of ether oxygens (including phenoxy) is 2. The standard InChI is InChI=1S/C21H20N2O3S/c1-3-13-25-18-9-5-16(6-10-18)22-21-23(20(24)15-27-21)17-7-11-19(12-8-17)26-14-4-2/h3-12H,1-2,13-15H2. The molecule has 1 aliphatic rings. The highest BCUT2D eigenvalue weighted by molar-refractivity contribution is 8.15. The minimum Gasteiger partial charge on any atom is -0.490 e. The summed E-state index contributed by atoms with van der Waals surface area (Å²) in [5, 5.41) is 0.652. The largest absolute Gasteiger partial charge is 0.490 e. The number of carbonyl (C=O) groups excluding carboxylic acids is 1. The third-order valence-electron chi connectivity index (χ3n) is 3.66. The van der Waals surface area contributed by atoms with Crippen molar-refractivity contribution in [3.63, 3.8) is 0 Å². The van der Waals surface area contributed by atoms with Crippen molar-refractivity contribution in [1.82, 2.24) is 0 Å². The van der Waals surface area contributed by atoms with Gasteiger partial charge in [-0.1, -0.05) is 37.1 Å². The predicted molar refractivity (Wildman–Crippen MR) is 111 cm³/mol. The van der Waals surface area contributed by atoms with E-state index in [2.05, 4.69) is 18.2 Å². The number of carbonyl (C=O) groups is 1. The maximum absolute atomic E-state index is 12.4. The fourth-order valence-corrected chi connectivity index (χ4v) is 3.32. The van der Waals surface area contributed by atoms with Crippen LogP contribution in [0.25, 0.3) is 0 Å². The van der Waals surface area contributed by atoms with Crippen LogP contribution >= 0.6 is 11.8 Å². The second kappa shape index (κ2) is 9.09. The van der Waals surface area contributed by atoms with Crippen LogP contribution in [0.3, 0.4) is 0 Å². The molecule has 0 radical (unpaired) electrons. The first-order valence-electron chi connectivity index (χ1n) is 8.43. The normalized spacial score (nSPS) is 15.0. The number of hydrogen-bond acceptors (Lipinski definition) is 5. The fraction of sp³-hybridized carbons (Fsp3) is 0.143. The zero-order valence-corrected chi connectivity index (χ0v) is 15.7. The lowest BCUT2D eigenvalue weighted by atomic mass is 10.2. The van der Waals surface area contributed by atoms with E-state index in [4.69, 9.17) is 9.47 Å². The summed E-state index contributed by atoms with van der Waals surface area (Å²) in [6.07, 6.45) is 3.38. The van der Waals surface area contributed by atoms with E-state index in [1.807, 2.05) is 48.5 Å². The number of aliphatic imine (C=N–C) groups is 1. The molecule has 2 aromatic rings. The third kappa shape index (κ3) is 4.80. The maximum atomic E-state index is 12.4. The number of anilines is 1. The highest BCUT2D eigenvalue weighted by atomic mass is 32.2. The Morgan fingerprint density at radius 1 is 0.963 bits per heavy atom. The number of amidine groups is 1. The molecule has 0 N–H and O–H groups in total. The Balaban J connectivity index is 1.78. The van der Waals surface area contributed by atoms with Gasteiger partial charge in [0.1, 0.15) is 24.7 Å². The van der Waals surface area contributed by atoms with Crippen molar-refractivity contribution in [2.75, 3.05) is 23.9 Å². The quantitative estimate of drug-likeness (QED) is 0.629. The first kappa shape index (κ1) is 18.8. The van der Waals surface area contributed by atoms with Crippen LogP contribution in [0.15, 0.2) is 78.8 Å². The Hall–Kier alpha value is -2.99. The van der Waals surface area contributed by atoms with Crippen LogP contribution in [-0.2, 0) is 4.79 Å². The Labute approximate surface area is 163 Å². The molecule has 0 unspecified atom stereocenters. The van der Waals surface area contributed by atoms with E-state index in [9.17, 15) is 4.79 Å². The molecule has 1 saturated heterocycles. The second-order valence-electron chi connectivity index (χ2n) is 5.60. The van der Waals surface area contributed by atoms with Gasteiger partial charge in [0, 0.05) is 0 Å². The lowest BCUT2D eigenvalue weighted by Crippen LogP contribution is -2.28. The molecule has 3 rings (SSSR count). The van der Waals surface area contributed by atoms with Gasteiger partial charge in [0.2, 0.25) is 5.91 Å². The van der Waals surface area contributed by atoms with Crippen LogP contribution in [0.5, 0.6) is 11.5 Å². The van der Waals surface area contributed by atoms with Crippen molar-refractivity contribution in [2.45, 2.75) is 0 Å². The van der Waals surface area contributed by atoms with E-state index in [1.165, 1.54) is 11.8 Å². The van der Waals surface area contributed by atoms with Crippen molar-refractivity contribution in [1.29, 1.82) is 0 Å². The average molecular weight is 380 g/mol. The topological polar surface area (TPSA) is 51.1 Å². The summed E-state index contributed by atoms with van der Waals surface area (Å²) in [5.41, 5.74) is 1.52. The van der Waals surface area contributed by atoms with E-state index in [0.29, 0.717) is 24.1 Å². The molecule has 0 bridgehead atoms. The highest BCUT2D eigenvalue weighted by Crippen LogP contribution is 2.30. The van der Waals surface area contributed by atoms with Gasteiger partial charge < -0.3 is 9.47 Å². The molecule has 0 spiro atoms. The van der Waals surface area contributed by atoms with Gasteiger partial charge >= 0.3 is 0 Å². The van der Waals surface area contributed by atoms with Gasteiger partial charge in [-0.25, -0.2) is 4.99 Å². The molecule has 1 heterocycles. The van der Waals surface area contributed by atoms with Crippen LogP contribution < -0.4 is 14.4 Å². The molecule has 0 saturated carbocycles. The Morgan fingerprint density at radius 3 is 2.07 bits per heavy atom. The minimum atomic E-state index is 0.00412. The monoisotopic (exact) mass is 380 g/mol. The Kier molecular flexibility index (Phi) is 6.33. The Bertz CT molecular complexity index is 845. The van der Waals surface area contributed by atoms with Gasteiger partial charge in [-0.05, 0) is 48.5 Å². The van der Waals surface area contributed by atoms with Crippen molar-refractivity contribution in [3.05, 3.63) is 73.8 Å². The zero-order chi connectivity index (χ0) is 19.1. The van der Waals surface area contributed by atoms with Crippen LogP contribution in [0.1, 0.15) is 0 Å². The van der Waals surface area contributed by atoms with E-state index in [-0.39, 0.29) is 5.91 Å². The summed E-state index contributed by atoms with van der Waals surface area (Å²) in [7, 11) is 0. The molecular weight excluding hydrogens is 360 g/mol. The van der Waals surface area contributed by atoms with E-state index in [1.54, 1.807) is 17.1 Å². The number of nitrogens with zero attached hydrogens (tertiary/aromatic N) is 2. The smallest absolute Gasteiger partial charge is 0.243 e. The minimum absolute atomic E-state index is 0.00412. The summed E-state index contributed by atoms with van der Waals surface area (Å²) >= 11 is 1.42. The van der Waals surface area contributed by atoms with Gasteiger partial charge in [-0.2, -0.15) is 0 Å². The molecule has 138 valence electrons. The highest BCUT2D eigenvalue weighted by Gasteiger charge is 2.29. The SMILES string of the molecule is C=CCOc1ccc(N=C2SCC(=O)N2c2ccc(OCC=C)cc2)cc1. The molecular formula is C21H20N2O3S. The van der Waals surface area contributed by atoms with E-state index >= 15 is 0 Å². The maximum Gasteiger partial charge on any atom is 0.243 e. The van der Waals surface area contributed by atoms with Crippen LogP contribution in [0, 0.1) is 0 Å². The zero-order valence-electron chi connectivity index (χ0n) is 14.8. The Morgan fingerprint density at radius 2 is 1.52 bits per heavy atom. The first-order valence-corrected chi connectivity index (χ1v) is 9.42. The second-order valence-corrected chi connectivity index (χ2v) is 6.54. The molecule has 27 heavy (non-hydrogen) atoms. The molecule has 0 aliphatic carbocycles. The van der Waals surface area contributed by atoms with Crippen LogP contribution in [-0.4, -0.2) is 30.0 Å². The van der Waals surface area contributed by atoms with Crippen molar-refractivity contribution < 1.29 is 14.3 Å². The lowest BCUT2D eigenvalue weighted by molar-refractivity contribution is -0.115. The summed E-state index contributed by atoms with van der Waals surface area (Å²) in [5.74, 6) is 1.85. The van der Waals surface area contributed by atoms with E-state index in [0.717, 1.165) is 22.9 Å². The predicted octanol–water partition coefficient (Wildman–Crippen LogP) is 4.58. The first-order chi connectivity index (χ1) is 13.2. The number of rotatable bonds is 8. The summed E-state index contributed by atoms with van der Waals surface area (Å²) in [4.78, 5) is 18.6. The van der Waals surface area contributed by atoms with Crippen molar-refractivity contribution in [3.8, 4) is 11.5 Å². The van der Waals surface area contributed by atoms with Crippen molar-refractivity contribution >= 4 is 34.2 Å². The van der Waals surface area contributed by atoms with Gasteiger partial charge in [-0.3, -0.25) is 9.69 Å². The van der Waals surface area contributed by atoms with Crippen molar-refractivity contribution in [2.24, 2.45) is 4.99 Å². The van der Waals surface area contributed by atoms with E-state index < -0.39 is 0 Å². The van der Waals surface area contributed by atoms with Gasteiger partial charge in [-0.15, -0.1) is 0 Å². The summed E-state index contributed by atoms with van der Waals surface area (Å²) < 4.78 is 11.0. The van der Waals surface area contributed by atoms with Gasteiger partial charge in [0.05, 0.1) is 17.1 Å².